The molecule has 12 aromatic rings. The Morgan fingerprint density at radius 2 is 1.05 bits per heavy atom. The highest BCUT2D eigenvalue weighted by Gasteiger charge is 2.49. The molecule has 3 aliphatic carbocycles. The van der Waals surface area contributed by atoms with Gasteiger partial charge in [0.15, 0.2) is 0 Å². The minimum absolute atomic E-state index is 0.498. The highest BCUT2D eigenvalue weighted by molar-refractivity contribution is 6.19. The van der Waals surface area contributed by atoms with E-state index in [9.17, 15) is 0 Å². The SMILES string of the molecule is C1=CCC=C2C(=C1)c1c(ccc3c(-c4ccc(-c5cc(-n6c7c(c8ccccc86)C=CC=CC7)cc(-n6c7ccccc7c7ccccc76)c5)cc4)nc4ccccc4c13)C2(c1ccccc1)c1ccccc1. The van der Waals surface area contributed by atoms with Crippen LogP contribution < -0.4 is 0 Å². The minimum Gasteiger partial charge on any atom is -0.313 e. The Balaban J connectivity index is 0.949. The van der Waals surface area contributed by atoms with Gasteiger partial charge in [0.2, 0.25) is 0 Å². The second-order valence-electron chi connectivity index (χ2n) is 19.6. The number of allylic oxidation sites excluding steroid dienone is 9. The Hall–Kier alpha value is -9.31. The first kappa shape index (κ1) is 41.5. The molecule has 0 atom stereocenters. The maximum atomic E-state index is 5.54. The molecule has 0 fully saturated rings. The number of hydrogen-bond donors (Lipinski definition) is 0. The Morgan fingerprint density at radius 3 is 1.77 bits per heavy atom. The lowest BCUT2D eigenvalue weighted by Crippen LogP contribution is -2.28. The molecule has 0 unspecified atom stereocenters. The lowest BCUT2D eigenvalue weighted by Gasteiger charge is -2.34. The number of para-hydroxylation sites is 4. The highest BCUT2D eigenvalue weighted by atomic mass is 15.0. The van der Waals surface area contributed by atoms with E-state index in [1.54, 1.807) is 0 Å². The summed E-state index contributed by atoms with van der Waals surface area (Å²) >= 11 is 0. The average molecular weight is 930 g/mol. The smallest absolute Gasteiger partial charge is 0.0788 e. The van der Waals surface area contributed by atoms with E-state index in [0.717, 1.165) is 62.9 Å². The van der Waals surface area contributed by atoms with Crippen LogP contribution in [-0.2, 0) is 11.8 Å². The second kappa shape index (κ2) is 16.4. The van der Waals surface area contributed by atoms with Crippen LogP contribution >= 0.6 is 0 Å². The van der Waals surface area contributed by atoms with Crippen molar-refractivity contribution in [2.75, 3.05) is 0 Å². The van der Waals surface area contributed by atoms with Gasteiger partial charge in [0.25, 0.3) is 0 Å². The van der Waals surface area contributed by atoms with E-state index in [0.29, 0.717) is 0 Å². The van der Waals surface area contributed by atoms with Crippen molar-refractivity contribution in [1.29, 1.82) is 0 Å². The van der Waals surface area contributed by atoms with Crippen LogP contribution in [-0.4, -0.2) is 14.1 Å². The zero-order chi connectivity index (χ0) is 48.0. The minimum atomic E-state index is -0.498. The molecule has 342 valence electrons. The third kappa shape index (κ3) is 6.15. The Bertz CT molecular complexity index is 4310. The summed E-state index contributed by atoms with van der Waals surface area (Å²) in [6, 6.07) is 78.5. The first-order valence-electron chi connectivity index (χ1n) is 25.5. The van der Waals surface area contributed by atoms with E-state index in [4.69, 9.17) is 4.98 Å². The number of benzene rings is 9. The molecule has 0 amide bonds. The van der Waals surface area contributed by atoms with E-state index >= 15 is 0 Å². The lowest BCUT2D eigenvalue weighted by atomic mass is 9.67. The summed E-state index contributed by atoms with van der Waals surface area (Å²) in [5.74, 6) is 0. The average Bonchev–Trinajstić information content (AvgIpc) is 3.91. The summed E-state index contributed by atoms with van der Waals surface area (Å²) in [6.07, 6.45) is 20.0. The summed E-state index contributed by atoms with van der Waals surface area (Å²) in [5.41, 5.74) is 21.0. The Morgan fingerprint density at radius 1 is 0.452 bits per heavy atom. The Kier molecular flexibility index (Phi) is 9.30. The molecule has 3 nitrogen and oxygen atoms in total. The van der Waals surface area contributed by atoms with Crippen molar-refractivity contribution in [3.63, 3.8) is 0 Å². The largest absolute Gasteiger partial charge is 0.313 e. The van der Waals surface area contributed by atoms with Gasteiger partial charge in [0, 0.05) is 66.9 Å². The highest BCUT2D eigenvalue weighted by Crippen LogP contribution is 2.60. The van der Waals surface area contributed by atoms with Crippen LogP contribution in [0.2, 0.25) is 0 Å². The first-order chi connectivity index (χ1) is 36.2. The topological polar surface area (TPSA) is 22.8 Å². The van der Waals surface area contributed by atoms with Crippen molar-refractivity contribution in [3.05, 3.63) is 294 Å². The van der Waals surface area contributed by atoms with Crippen LogP contribution in [0.4, 0.5) is 0 Å². The van der Waals surface area contributed by atoms with Gasteiger partial charge in [-0.2, -0.15) is 0 Å². The van der Waals surface area contributed by atoms with Gasteiger partial charge < -0.3 is 9.13 Å². The van der Waals surface area contributed by atoms with Crippen LogP contribution in [0.3, 0.4) is 0 Å². The lowest BCUT2D eigenvalue weighted by molar-refractivity contribution is 0.767. The third-order valence-electron chi connectivity index (χ3n) is 15.8. The van der Waals surface area contributed by atoms with Crippen LogP contribution in [0, 0.1) is 0 Å². The second-order valence-corrected chi connectivity index (χ2v) is 19.6. The van der Waals surface area contributed by atoms with Gasteiger partial charge in [-0.25, -0.2) is 4.98 Å². The molecule has 0 bridgehead atoms. The fourth-order valence-electron chi connectivity index (χ4n) is 12.8. The summed E-state index contributed by atoms with van der Waals surface area (Å²) in [4.78, 5) is 5.54. The molecule has 0 saturated heterocycles. The van der Waals surface area contributed by atoms with E-state index in [-0.39, 0.29) is 0 Å². The van der Waals surface area contributed by atoms with Gasteiger partial charge in [-0.05, 0) is 93.4 Å². The molecule has 0 radical (unpaired) electrons. The van der Waals surface area contributed by atoms with Crippen molar-refractivity contribution in [2.45, 2.75) is 18.3 Å². The zero-order valence-electron chi connectivity index (χ0n) is 40.1. The van der Waals surface area contributed by atoms with Crippen molar-refractivity contribution in [2.24, 2.45) is 0 Å². The predicted octanol–water partition coefficient (Wildman–Crippen LogP) is 17.5. The standard InChI is InChI=1S/C70H47N3/c1-5-21-49(22-6-1)70(50-23-7-2-8-24-50)60-31-11-3-10-29-57(60)68-61(70)42-41-59-67(68)58-30-13-17-32-62(58)71-69(59)47-39-37-46(38-40-47)48-43-51(72-63-33-12-4-9-25-53(63)54-26-14-18-34-64(54)72)45-52(44-48)73-65-35-19-15-27-55(65)56-28-16-20-36-66(56)73/h1-10,12-32,34-45H,11,33H2. The molecule has 3 heterocycles. The molecule has 0 aliphatic heterocycles. The normalized spacial score (nSPS) is 14.6. The van der Waals surface area contributed by atoms with Crippen LogP contribution in [0.25, 0.3) is 99.8 Å². The molecule has 3 aliphatic rings. The first-order valence-corrected chi connectivity index (χ1v) is 25.5. The molecule has 0 saturated carbocycles. The van der Waals surface area contributed by atoms with Gasteiger partial charge in [-0.3, -0.25) is 0 Å². The quantitative estimate of drug-likeness (QED) is 0.152. The maximum Gasteiger partial charge on any atom is 0.0788 e. The van der Waals surface area contributed by atoms with Gasteiger partial charge >= 0.3 is 0 Å². The van der Waals surface area contributed by atoms with E-state index in [2.05, 4.69) is 270 Å². The monoisotopic (exact) mass is 929 g/mol. The van der Waals surface area contributed by atoms with Crippen molar-refractivity contribution in [1.82, 2.24) is 14.1 Å². The molecule has 9 aromatic carbocycles. The fourth-order valence-corrected chi connectivity index (χ4v) is 12.8. The van der Waals surface area contributed by atoms with Gasteiger partial charge in [0.05, 0.1) is 33.2 Å². The number of nitrogens with zero attached hydrogens (tertiary/aromatic N) is 3. The number of fused-ring (bicyclic) bond motifs is 13. The molecule has 0 spiro atoms. The molecule has 3 aromatic heterocycles. The summed E-state index contributed by atoms with van der Waals surface area (Å²) in [7, 11) is 0. The molecule has 15 rings (SSSR count). The molecule has 73 heavy (non-hydrogen) atoms. The van der Waals surface area contributed by atoms with Crippen LogP contribution in [0.5, 0.6) is 0 Å². The van der Waals surface area contributed by atoms with Crippen molar-refractivity contribution >= 4 is 66.0 Å². The van der Waals surface area contributed by atoms with Crippen molar-refractivity contribution in [3.8, 4) is 33.8 Å². The number of aromatic nitrogens is 3. The molecule has 3 heteroatoms. The Labute approximate surface area is 424 Å². The van der Waals surface area contributed by atoms with E-state index in [1.807, 2.05) is 0 Å². The number of rotatable bonds is 6. The van der Waals surface area contributed by atoms with Crippen molar-refractivity contribution < 1.29 is 0 Å². The summed E-state index contributed by atoms with van der Waals surface area (Å²) < 4.78 is 4.94. The van der Waals surface area contributed by atoms with E-state index < -0.39 is 5.41 Å². The van der Waals surface area contributed by atoms with E-state index in [1.165, 1.54) is 82.8 Å². The van der Waals surface area contributed by atoms with Crippen LogP contribution in [0.15, 0.2) is 260 Å². The molecular formula is C70H47N3. The van der Waals surface area contributed by atoms with Gasteiger partial charge in [0.1, 0.15) is 0 Å². The van der Waals surface area contributed by atoms with Gasteiger partial charge in [-0.15, -0.1) is 0 Å². The molecule has 0 N–H and O–H groups in total. The summed E-state index contributed by atoms with van der Waals surface area (Å²) in [5, 5.41) is 7.31. The summed E-state index contributed by atoms with van der Waals surface area (Å²) in [6.45, 7) is 0. The van der Waals surface area contributed by atoms with Crippen LogP contribution in [0.1, 0.15) is 39.9 Å². The fraction of sp³-hybridized carbons (Fsp3) is 0.0429. The van der Waals surface area contributed by atoms with Gasteiger partial charge in [-0.1, -0.05) is 218 Å². The molecular weight excluding hydrogens is 883 g/mol. The third-order valence-corrected chi connectivity index (χ3v) is 15.8. The number of hydrogen-bond acceptors (Lipinski definition) is 1. The zero-order valence-corrected chi connectivity index (χ0v) is 40.1. The number of pyridine rings is 1. The maximum absolute atomic E-state index is 5.54. The predicted molar refractivity (Wildman–Crippen MR) is 306 cm³/mol.